The van der Waals surface area contributed by atoms with E-state index in [1.807, 2.05) is 0 Å². The van der Waals surface area contributed by atoms with Crippen molar-refractivity contribution in [1.29, 1.82) is 0 Å². The summed E-state index contributed by atoms with van der Waals surface area (Å²) < 4.78 is 13.7. The molecular weight excluding hydrogens is 267 g/mol. The van der Waals surface area contributed by atoms with Crippen molar-refractivity contribution in [2.24, 2.45) is 0 Å². The van der Waals surface area contributed by atoms with Gasteiger partial charge in [-0.3, -0.25) is 4.79 Å². The maximum Gasteiger partial charge on any atom is 0.165 e. The van der Waals surface area contributed by atoms with Crippen LogP contribution in [-0.4, -0.2) is 5.78 Å². The van der Waals surface area contributed by atoms with E-state index >= 15 is 0 Å². The molecule has 0 fully saturated rings. The van der Waals surface area contributed by atoms with E-state index in [-0.39, 0.29) is 16.5 Å². The first-order valence-electron chi connectivity index (χ1n) is 5.60. The van der Waals surface area contributed by atoms with Crippen molar-refractivity contribution in [3.63, 3.8) is 0 Å². The fourth-order valence-electron chi connectivity index (χ4n) is 1.69. The second-order valence-electron chi connectivity index (χ2n) is 4.08. The Kier molecular flexibility index (Phi) is 3.71. The number of rotatable bonds is 3. The van der Waals surface area contributed by atoms with Gasteiger partial charge in [-0.1, -0.05) is 17.7 Å². The highest BCUT2D eigenvalue weighted by molar-refractivity contribution is 6.31. The first kappa shape index (κ1) is 13.4. The number of hydrogen-bond acceptors (Lipinski definition) is 3. The Labute approximate surface area is 115 Å². The molecule has 19 heavy (non-hydrogen) atoms. The molecular formula is C14H12ClFN2O. The lowest BCUT2D eigenvalue weighted by atomic mass is 10.1. The zero-order chi connectivity index (χ0) is 14.0. The van der Waals surface area contributed by atoms with Crippen molar-refractivity contribution in [2.45, 2.75) is 6.92 Å². The minimum atomic E-state index is -0.537. The number of carbonyl (C=O) groups is 1. The van der Waals surface area contributed by atoms with Crippen molar-refractivity contribution < 1.29 is 9.18 Å². The van der Waals surface area contributed by atoms with Gasteiger partial charge in [0.1, 0.15) is 0 Å². The molecule has 2 rings (SSSR count). The van der Waals surface area contributed by atoms with Crippen molar-refractivity contribution in [3.05, 3.63) is 52.8 Å². The Bertz CT molecular complexity index is 643. The summed E-state index contributed by atoms with van der Waals surface area (Å²) in [5.74, 6) is -0.682. The van der Waals surface area contributed by atoms with Crippen LogP contribution in [0.3, 0.4) is 0 Å². The maximum atomic E-state index is 13.7. The number of halogens is 2. The van der Waals surface area contributed by atoms with Crippen molar-refractivity contribution in [1.82, 2.24) is 0 Å². The van der Waals surface area contributed by atoms with Gasteiger partial charge in [-0.2, -0.15) is 0 Å². The molecule has 0 atom stereocenters. The number of hydrogen-bond donors (Lipinski definition) is 2. The van der Waals surface area contributed by atoms with Gasteiger partial charge in [0.25, 0.3) is 0 Å². The molecule has 0 heterocycles. The third-order valence-corrected chi connectivity index (χ3v) is 2.96. The van der Waals surface area contributed by atoms with E-state index in [0.29, 0.717) is 16.9 Å². The minimum Gasteiger partial charge on any atom is -0.398 e. The van der Waals surface area contributed by atoms with Crippen LogP contribution < -0.4 is 11.1 Å². The molecule has 0 amide bonds. The normalized spacial score (nSPS) is 10.3. The van der Waals surface area contributed by atoms with Crippen LogP contribution in [-0.2, 0) is 0 Å². The Morgan fingerprint density at radius 3 is 2.74 bits per heavy atom. The molecule has 98 valence electrons. The van der Waals surface area contributed by atoms with E-state index < -0.39 is 5.82 Å². The van der Waals surface area contributed by atoms with E-state index in [1.165, 1.54) is 13.0 Å². The number of Topliss-reactive ketones (excluding diaryl/α,β-unsaturated/α-hetero) is 1. The highest BCUT2D eigenvalue weighted by atomic mass is 35.5. The summed E-state index contributed by atoms with van der Waals surface area (Å²) in [6.07, 6.45) is 0. The van der Waals surface area contributed by atoms with Gasteiger partial charge in [-0.05, 0) is 37.3 Å². The largest absolute Gasteiger partial charge is 0.398 e. The first-order valence-corrected chi connectivity index (χ1v) is 5.98. The zero-order valence-electron chi connectivity index (χ0n) is 10.2. The van der Waals surface area contributed by atoms with Gasteiger partial charge in [-0.25, -0.2) is 4.39 Å². The van der Waals surface area contributed by atoms with Gasteiger partial charge in [0.2, 0.25) is 0 Å². The number of anilines is 3. The average molecular weight is 279 g/mol. The van der Waals surface area contributed by atoms with Crippen LogP contribution in [0.4, 0.5) is 21.5 Å². The molecule has 0 unspecified atom stereocenters. The smallest absolute Gasteiger partial charge is 0.165 e. The Balaban J connectivity index is 2.36. The summed E-state index contributed by atoms with van der Waals surface area (Å²) in [5.41, 5.74) is 7.30. The van der Waals surface area contributed by atoms with Crippen LogP contribution in [0.5, 0.6) is 0 Å². The summed E-state index contributed by atoms with van der Waals surface area (Å²) in [6.45, 7) is 1.43. The van der Waals surface area contributed by atoms with Crippen LogP contribution in [0.15, 0.2) is 36.4 Å². The first-order chi connectivity index (χ1) is 8.99. The predicted octanol–water partition coefficient (Wildman–Crippen LogP) is 4.01. The van der Waals surface area contributed by atoms with Crippen molar-refractivity contribution in [3.8, 4) is 0 Å². The molecule has 0 aliphatic heterocycles. The highest BCUT2D eigenvalue weighted by Crippen LogP contribution is 2.27. The van der Waals surface area contributed by atoms with Crippen LogP contribution in [0.25, 0.3) is 0 Å². The van der Waals surface area contributed by atoms with Gasteiger partial charge in [0.05, 0.1) is 10.7 Å². The molecule has 2 aromatic rings. The fraction of sp³-hybridized carbons (Fsp3) is 0.0714. The number of nitrogen functional groups attached to an aromatic ring is 1. The molecule has 0 saturated carbocycles. The van der Waals surface area contributed by atoms with Gasteiger partial charge < -0.3 is 11.1 Å². The lowest BCUT2D eigenvalue weighted by Crippen LogP contribution is -2.01. The van der Waals surface area contributed by atoms with E-state index in [1.54, 1.807) is 30.3 Å². The van der Waals surface area contributed by atoms with Gasteiger partial charge in [-0.15, -0.1) is 0 Å². The number of ketones is 1. The molecule has 0 aliphatic rings. The Morgan fingerprint density at radius 2 is 2.05 bits per heavy atom. The van der Waals surface area contributed by atoms with E-state index in [9.17, 15) is 9.18 Å². The predicted molar refractivity (Wildman–Crippen MR) is 75.6 cm³/mol. The molecule has 0 aliphatic carbocycles. The highest BCUT2D eigenvalue weighted by Gasteiger charge is 2.09. The standard InChI is InChI=1S/C14H12ClFN2O/c1-8(19)10-7-9(5-6-12(10)17)18-13-4-2-3-11(15)14(13)16/h2-7,18H,17H2,1H3. The molecule has 0 saturated heterocycles. The third kappa shape index (κ3) is 2.85. The summed E-state index contributed by atoms with van der Waals surface area (Å²) in [7, 11) is 0. The van der Waals surface area contributed by atoms with Crippen LogP contribution in [0.2, 0.25) is 5.02 Å². The summed E-state index contributed by atoms with van der Waals surface area (Å²) in [5, 5.41) is 2.90. The number of nitrogens with one attached hydrogen (secondary N) is 1. The molecule has 0 bridgehead atoms. The molecule has 3 nitrogen and oxygen atoms in total. The van der Waals surface area contributed by atoms with Crippen LogP contribution in [0.1, 0.15) is 17.3 Å². The number of carbonyl (C=O) groups excluding carboxylic acids is 1. The average Bonchev–Trinajstić information content (AvgIpc) is 2.37. The number of benzene rings is 2. The maximum absolute atomic E-state index is 13.7. The SMILES string of the molecule is CC(=O)c1cc(Nc2cccc(Cl)c2F)ccc1N. The molecule has 5 heteroatoms. The van der Waals surface area contributed by atoms with Crippen LogP contribution >= 0.6 is 11.6 Å². The van der Waals surface area contributed by atoms with Gasteiger partial charge in [0, 0.05) is 16.9 Å². The monoisotopic (exact) mass is 278 g/mol. The Hall–Kier alpha value is -2.07. The summed E-state index contributed by atoms with van der Waals surface area (Å²) in [4.78, 5) is 11.4. The molecule has 0 aromatic heterocycles. The summed E-state index contributed by atoms with van der Waals surface area (Å²) in [6, 6.07) is 9.51. The second-order valence-corrected chi connectivity index (χ2v) is 4.49. The molecule has 2 aromatic carbocycles. The van der Waals surface area contributed by atoms with Crippen molar-refractivity contribution in [2.75, 3.05) is 11.1 Å². The van der Waals surface area contributed by atoms with Gasteiger partial charge in [0.15, 0.2) is 11.6 Å². The second kappa shape index (κ2) is 5.28. The lowest BCUT2D eigenvalue weighted by molar-refractivity contribution is 0.101. The van der Waals surface area contributed by atoms with Gasteiger partial charge >= 0.3 is 0 Å². The lowest BCUT2D eigenvalue weighted by Gasteiger charge is -2.10. The van der Waals surface area contributed by atoms with Crippen molar-refractivity contribution >= 4 is 34.4 Å². The molecule has 0 radical (unpaired) electrons. The fourth-order valence-corrected chi connectivity index (χ4v) is 1.87. The quantitative estimate of drug-likeness (QED) is 0.659. The minimum absolute atomic E-state index is 0.0345. The Morgan fingerprint density at radius 1 is 1.32 bits per heavy atom. The topological polar surface area (TPSA) is 55.1 Å². The molecule has 3 N–H and O–H groups in total. The van der Waals surface area contributed by atoms with E-state index in [2.05, 4.69) is 5.32 Å². The van der Waals surface area contributed by atoms with Crippen LogP contribution in [0, 0.1) is 5.82 Å². The number of nitrogens with two attached hydrogens (primary N) is 1. The van der Waals surface area contributed by atoms with E-state index in [4.69, 9.17) is 17.3 Å². The molecule has 0 spiro atoms. The summed E-state index contributed by atoms with van der Waals surface area (Å²) >= 11 is 5.70. The zero-order valence-corrected chi connectivity index (χ0v) is 11.0. The third-order valence-electron chi connectivity index (χ3n) is 2.66. The van der Waals surface area contributed by atoms with E-state index in [0.717, 1.165) is 0 Å².